The van der Waals surface area contributed by atoms with Gasteiger partial charge in [-0.15, -0.1) is 0 Å². The molecule has 0 aromatic heterocycles. The SMILES string of the molecule is Cc1cc(C)c(NC(=O)CN(C)CC(=O)Nc2cccc(Cl)c2)c(C)c1. The Bertz CT molecular complexity index is 797. The van der Waals surface area contributed by atoms with Crippen molar-refractivity contribution in [2.75, 3.05) is 30.8 Å². The molecular weight excluding hydrogens is 350 g/mol. The molecule has 26 heavy (non-hydrogen) atoms. The summed E-state index contributed by atoms with van der Waals surface area (Å²) < 4.78 is 0. The van der Waals surface area contributed by atoms with Crippen LogP contribution in [0.5, 0.6) is 0 Å². The van der Waals surface area contributed by atoms with Crippen LogP contribution in [-0.2, 0) is 9.59 Å². The number of carbonyl (C=O) groups is 2. The first-order valence-corrected chi connectivity index (χ1v) is 8.74. The van der Waals surface area contributed by atoms with Crippen LogP contribution in [0.2, 0.25) is 5.02 Å². The lowest BCUT2D eigenvalue weighted by Gasteiger charge is -2.18. The van der Waals surface area contributed by atoms with Crippen LogP contribution in [0.25, 0.3) is 0 Å². The van der Waals surface area contributed by atoms with Gasteiger partial charge in [0.15, 0.2) is 0 Å². The average molecular weight is 374 g/mol. The second-order valence-electron chi connectivity index (χ2n) is 6.55. The van der Waals surface area contributed by atoms with Gasteiger partial charge in [0, 0.05) is 16.4 Å². The molecule has 0 heterocycles. The van der Waals surface area contributed by atoms with Crippen molar-refractivity contribution in [3.8, 4) is 0 Å². The number of rotatable bonds is 6. The van der Waals surface area contributed by atoms with Gasteiger partial charge >= 0.3 is 0 Å². The predicted octanol–water partition coefficient (Wildman–Crippen LogP) is 3.77. The standard InChI is InChI=1S/C20H24ClN3O2/c1-13-8-14(2)20(15(3)9-13)23-19(26)12-24(4)11-18(25)22-17-7-5-6-16(21)10-17/h5-10H,11-12H2,1-4H3,(H,22,25)(H,23,26). The van der Waals surface area contributed by atoms with Crippen molar-refractivity contribution in [3.63, 3.8) is 0 Å². The quantitative estimate of drug-likeness (QED) is 0.810. The minimum Gasteiger partial charge on any atom is -0.325 e. The van der Waals surface area contributed by atoms with Crippen molar-refractivity contribution in [2.45, 2.75) is 20.8 Å². The maximum absolute atomic E-state index is 12.3. The summed E-state index contributed by atoms with van der Waals surface area (Å²) in [5.74, 6) is -0.358. The molecule has 2 aromatic rings. The number of anilines is 2. The number of nitrogens with zero attached hydrogens (tertiary/aromatic N) is 1. The Labute approximate surface area is 159 Å². The molecule has 2 rings (SSSR count). The minimum absolute atomic E-state index is 0.103. The number of hydrogen-bond donors (Lipinski definition) is 2. The van der Waals surface area contributed by atoms with Gasteiger partial charge in [0.25, 0.3) is 0 Å². The third-order valence-electron chi connectivity index (χ3n) is 3.88. The van der Waals surface area contributed by atoms with E-state index in [1.54, 1.807) is 36.2 Å². The maximum atomic E-state index is 12.3. The first-order chi connectivity index (χ1) is 12.2. The molecule has 0 spiro atoms. The van der Waals surface area contributed by atoms with Crippen LogP contribution < -0.4 is 10.6 Å². The molecule has 0 unspecified atom stereocenters. The third-order valence-corrected chi connectivity index (χ3v) is 4.11. The summed E-state index contributed by atoms with van der Waals surface area (Å²) in [5.41, 5.74) is 4.67. The Morgan fingerprint density at radius 2 is 1.54 bits per heavy atom. The van der Waals surface area contributed by atoms with Gasteiger partial charge in [0.1, 0.15) is 0 Å². The maximum Gasteiger partial charge on any atom is 0.238 e. The van der Waals surface area contributed by atoms with Crippen LogP contribution in [0.1, 0.15) is 16.7 Å². The Balaban J connectivity index is 1.88. The van der Waals surface area contributed by atoms with Crippen molar-refractivity contribution in [1.82, 2.24) is 4.90 Å². The van der Waals surface area contributed by atoms with E-state index in [1.165, 1.54) is 0 Å². The van der Waals surface area contributed by atoms with Gasteiger partial charge in [-0.3, -0.25) is 14.5 Å². The van der Waals surface area contributed by atoms with Gasteiger partial charge in [-0.05, 0) is 57.1 Å². The molecule has 0 aliphatic rings. The lowest BCUT2D eigenvalue weighted by atomic mass is 10.1. The molecule has 0 bridgehead atoms. The fourth-order valence-electron chi connectivity index (χ4n) is 2.87. The molecular formula is C20H24ClN3O2. The summed E-state index contributed by atoms with van der Waals surface area (Å²) >= 11 is 5.90. The lowest BCUT2D eigenvalue weighted by molar-refractivity contribution is -0.119. The predicted molar refractivity (Wildman–Crippen MR) is 107 cm³/mol. The summed E-state index contributed by atoms with van der Waals surface area (Å²) in [5, 5.41) is 6.26. The fraction of sp³-hybridized carbons (Fsp3) is 0.300. The topological polar surface area (TPSA) is 61.4 Å². The van der Waals surface area contributed by atoms with E-state index in [1.807, 2.05) is 32.9 Å². The highest BCUT2D eigenvalue weighted by Gasteiger charge is 2.13. The van der Waals surface area contributed by atoms with Crippen LogP contribution >= 0.6 is 11.6 Å². The van der Waals surface area contributed by atoms with E-state index in [-0.39, 0.29) is 24.9 Å². The zero-order chi connectivity index (χ0) is 19.3. The number of nitrogens with one attached hydrogen (secondary N) is 2. The van der Waals surface area contributed by atoms with Crippen molar-refractivity contribution in [3.05, 3.63) is 58.1 Å². The van der Waals surface area contributed by atoms with Crippen molar-refractivity contribution >= 4 is 34.8 Å². The van der Waals surface area contributed by atoms with E-state index in [9.17, 15) is 9.59 Å². The normalized spacial score (nSPS) is 10.7. The molecule has 0 radical (unpaired) electrons. The Kier molecular flexibility index (Phi) is 6.77. The minimum atomic E-state index is -0.203. The molecule has 0 saturated heterocycles. The summed E-state index contributed by atoms with van der Waals surface area (Å²) in [7, 11) is 1.73. The number of benzene rings is 2. The number of hydrogen-bond acceptors (Lipinski definition) is 3. The Morgan fingerprint density at radius 1 is 0.962 bits per heavy atom. The monoisotopic (exact) mass is 373 g/mol. The Hall–Kier alpha value is -2.37. The molecule has 0 aliphatic carbocycles. The largest absolute Gasteiger partial charge is 0.325 e. The fourth-order valence-corrected chi connectivity index (χ4v) is 3.06. The number of carbonyl (C=O) groups excluding carboxylic acids is 2. The summed E-state index contributed by atoms with van der Waals surface area (Å²) in [6, 6.07) is 11.0. The van der Waals surface area contributed by atoms with Gasteiger partial charge in [0.2, 0.25) is 11.8 Å². The molecule has 0 saturated carbocycles. The molecule has 6 heteroatoms. The van der Waals surface area contributed by atoms with Crippen molar-refractivity contribution in [2.24, 2.45) is 0 Å². The number of amides is 2. The molecule has 2 N–H and O–H groups in total. The molecule has 0 fully saturated rings. The highest BCUT2D eigenvalue weighted by Crippen LogP contribution is 2.21. The second-order valence-corrected chi connectivity index (χ2v) is 6.99. The van der Waals surface area contributed by atoms with E-state index in [0.717, 1.165) is 22.4 Å². The van der Waals surface area contributed by atoms with Crippen molar-refractivity contribution < 1.29 is 9.59 Å². The first kappa shape index (κ1) is 19.9. The molecule has 138 valence electrons. The van der Waals surface area contributed by atoms with Crippen molar-refractivity contribution in [1.29, 1.82) is 0 Å². The summed E-state index contributed by atoms with van der Waals surface area (Å²) in [6.07, 6.45) is 0. The van der Waals surface area contributed by atoms with Gasteiger partial charge in [-0.1, -0.05) is 35.4 Å². The van der Waals surface area contributed by atoms with Gasteiger partial charge < -0.3 is 10.6 Å². The third kappa shape index (κ3) is 5.86. The zero-order valence-corrected chi connectivity index (χ0v) is 16.3. The first-order valence-electron chi connectivity index (χ1n) is 8.36. The second kappa shape index (κ2) is 8.83. The van der Waals surface area contributed by atoms with Crippen LogP contribution in [0.3, 0.4) is 0 Å². The molecule has 5 nitrogen and oxygen atoms in total. The highest BCUT2D eigenvalue weighted by molar-refractivity contribution is 6.30. The van der Waals surface area contributed by atoms with E-state index in [4.69, 9.17) is 11.6 Å². The van der Waals surface area contributed by atoms with E-state index >= 15 is 0 Å². The average Bonchev–Trinajstić information content (AvgIpc) is 2.50. The zero-order valence-electron chi connectivity index (χ0n) is 15.5. The smallest absolute Gasteiger partial charge is 0.238 e. The van der Waals surface area contributed by atoms with Gasteiger partial charge in [0.05, 0.1) is 13.1 Å². The molecule has 0 aliphatic heterocycles. The van der Waals surface area contributed by atoms with E-state index in [2.05, 4.69) is 10.6 Å². The van der Waals surface area contributed by atoms with E-state index < -0.39 is 0 Å². The number of likely N-dealkylation sites (N-methyl/N-ethyl adjacent to an activating group) is 1. The van der Waals surface area contributed by atoms with Crippen LogP contribution in [0, 0.1) is 20.8 Å². The van der Waals surface area contributed by atoms with E-state index in [0.29, 0.717) is 10.7 Å². The summed E-state index contributed by atoms with van der Waals surface area (Å²) in [6.45, 7) is 6.19. The van der Waals surface area contributed by atoms with Gasteiger partial charge in [-0.25, -0.2) is 0 Å². The van der Waals surface area contributed by atoms with Crippen LogP contribution in [-0.4, -0.2) is 36.9 Å². The molecule has 2 aromatic carbocycles. The molecule has 2 amide bonds. The summed E-state index contributed by atoms with van der Waals surface area (Å²) in [4.78, 5) is 26.0. The number of aryl methyl sites for hydroxylation is 3. The van der Waals surface area contributed by atoms with Crippen LogP contribution in [0.15, 0.2) is 36.4 Å². The molecule has 0 atom stereocenters. The number of halogens is 1. The van der Waals surface area contributed by atoms with Crippen LogP contribution in [0.4, 0.5) is 11.4 Å². The Morgan fingerprint density at radius 3 is 2.12 bits per heavy atom. The van der Waals surface area contributed by atoms with Gasteiger partial charge in [-0.2, -0.15) is 0 Å². The highest BCUT2D eigenvalue weighted by atomic mass is 35.5. The lowest BCUT2D eigenvalue weighted by Crippen LogP contribution is -2.36.